The van der Waals surface area contributed by atoms with Gasteiger partial charge in [0.2, 0.25) is 0 Å². The van der Waals surface area contributed by atoms with E-state index in [1.807, 2.05) is 38.7 Å². The minimum Gasteiger partial charge on any atom is -0.350 e. The van der Waals surface area contributed by atoms with Crippen LogP contribution in [-0.2, 0) is 20.0 Å². The molecule has 1 aliphatic heterocycles. The van der Waals surface area contributed by atoms with Gasteiger partial charge in [-0.05, 0) is 50.5 Å². The molecule has 7 nitrogen and oxygen atoms in total. The van der Waals surface area contributed by atoms with E-state index >= 15 is 0 Å². The predicted octanol–water partition coefficient (Wildman–Crippen LogP) is 2.94. The number of anilines is 1. The second-order valence-electron chi connectivity index (χ2n) is 7.40. The van der Waals surface area contributed by atoms with Gasteiger partial charge in [0.1, 0.15) is 6.07 Å². The highest BCUT2D eigenvalue weighted by Crippen LogP contribution is 2.31. The largest absolute Gasteiger partial charge is 0.350 e. The Bertz CT molecular complexity index is 1120. The molecule has 0 atom stereocenters. The Labute approximate surface area is 164 Å². The summed E-state index contributed by atoms with van der Waals surface area (Å²) in [5.41, 5.74) is 9.04. The fraction of sp³-hybridized carbons (Fsp3) is 0.381. The molecule has 3 aromatic rings. The number of hydrogen-bond acceptors (Lipinski definition) is 6. The lowest BCUT2D eigenvalue weighted by Gasteiger charge is -2.30. The van der Waals surface area contributed by atoms with Gasteiger partial charge in [-0.3, -0.25) is 9.67 Å². The van der Waals surface area contributed by atoms with Crippen LogP contribution in [-0.4, -0.2) is 31.5 Å². The molecular formula is C21H23N7. The average Bonchev–Trinajstić information content (AvgIpc) is 2.94. The predicted molar refractivity (Wildman–Crippen MR) is 107 cm³/mol. The van der Waals surface area contributed by atoms with Crippen LogP contribution < -0.4 is 4.90 Å². The topological polar surface area (TPSA) is 83.5 Å². The van der Waals surface area contributed by atoms with Crippen molar-refractivity contribution in [2.24, 2.45) is 7.05 Å². The van der Waals surface area contributed by atoms with Crippen LogP contribution in [0, 0.1) is 39.0 Å². The Morgan fingerprint density at radius 2 is 1.89 bits per heavy atom. The van der Waals surface area contributed by atoms with Gasteiger partial charge in [-0.25, -0.2) is 0 Å². The van der Waals surface area contributed by atoms with Crippen LogP contribution in [0.25, 0.3) is 11.1 Å². The first-order valence-corrected chi connectivity index (χ1v) is 9.38. The quantitative estimate of drug-likeness (QED) is 0.687. The summed E-state index contributed by atoms with van der Waals surface area (Å²) in [7, 11) is 1.97. The van der Waals surface area contributed by atoms with E-state index in [0.29, 0.717) is 5.69 Å². The maximum atomic E-state index is 9.18. The van der Waals surface area contributed by atoms with Crippen molar-refractivity contribution >= 4 is 5.82 Å². The SMILES string of the molecule is Cc1nn(C)c(C)c1-c1cnc2c(c1)CN(c1nnc(C#N)c(C)c1C)CC2. The number of nitrogens with zero attached hydrogens (tertiary/aromatic N) is 7. The molecule has 4 heterocycles. The number of aryl methyl sites for hydroxylation is 2. The molecule has 0 saturated carbocycles. The van der Waals surface area contributed by atoms with E-state index in [-0.39, 0.29) is 0 Å². The van der Waals surface area contributed by atoms with Crippen molar-refractivity contribution in [1.82, 2.24) is 25.0 Å². The maximum absolute atomic E-state index is 9.18. The number of nitriles is 1. The van der Waals surface area contributed by atoms with Crippen LogP contribution >= 0.6 is 0 Å². The van der Waals surface area contributed by atoms with Gasteiger partial charge in [0.15, 0.2) is 11.5 Å². The highest BCUT2D eigenvalue weighted by atomic mass is 15.3. The summed E-state index contributed by atoms with van der Waals surface area (Å²) in [5, 5.41) is 22.2. The third-order valence-corrected chi connectivity index (χ3v) is 5.74. The van der Waals surface area contributed by atoms with Crippen molar-refractivity contribution in [2.75, 3.05) is 11.4 Å². The summed E-state index contributed by atoms with van der Waals surface area (Å²) >= 11 is 0. The number of hydrogen-bond donors (Lipinski definition) is 0. The summed E-state index contributed by atoms with van der Waals surface area (Å²) in [5.74, 6) is 0.848. The molecule has 4 rings (SSSR count). The van der Waals surface area contributed by atoms with E-state index in [1.54, 1.807) is 0 Å². The van der Waals surface area contributed by atoms with Crippen LogP contribution in [0.4, 0.5) is 5.82 Å². The molecule has 0 unspecified atom stereocenters. The zero-order chi connectivity index (χ0) is 20.0. The van der Waals surface area contributed by atoms with Crippen molar-refractivity contribution in [2.45, 2.75) is 40.7 Å². The second kappa shape index (κ2) is 6.71. The number of rotatable bonds is 2. The number of pyridine rings is 1. The summed E-state index contributed by atoms with van der Waals surface area (Å²) in [6.07, 6.45) is 2.82. The number of aromatic nitrogens is 5. The van der Waals surface area contributed by atoms with Crippen LogP contribution in [0.3, 0.4) is 0 Å². The van der Waals surface area contributed by atoms with Crippen molar-refractivity contribution in [1.29, 1.82) is 5.26 Å². The van der Waals surface area contributed by atoms with Crippen molar-refractivity contribution in [3.05, 3.63) is 51.7 Å². The van der Waals surface area contributed by atoms with E-state index in [9.17, 15) is 5.26 Å². The second-order valence-corrected chi connectivity index (χ2v) is 7.40. The molecule has 0 bridgehead atoms. The van der Waals surface area contributed by atoms with Gasteiger partial charge in [-0.2, -0.15) is 10.4 Å². The monoisotopic (exact) mass is 373 g/mol. The first kappa shape index (κ1) is 18.1. The smallest absolute Gasteiger partial charge is 0.166 e. The molecule has 142 valence electrons. The van der Waals surface area contributed by atoms with Gasteiger partial charge in [0, 0.05) is 55.3 Å². The van der Waals surface area contributed by atoms with Gasteiger partial charge in [0.25, 0.3) is 0 Å². The standard InChI is InChI=1S/C21H23N7/c1-12-13(2)21(25-24-19(12)9-22)28-7-6-18-17(11-28)8-16(10-23-18)20-14(3)26-27(5)15(20)4/h8,10H,6-7,11H2,1-5H3. The molecule has 7 heteroatoms. The van der Waals surface area contributed by atoms with Crippen molar-refractivity contribution < 1.29 is 0 Å². The summed E-state index contributed by atoms with van der Waals surface area (Å²) in [6, 6.07) is 4.34. The molecule has 0 aromatic carbocycles. The zero-order valence-electron chi connectivity index (χ0n) is 16.9. The molecule has 0 fully saturated rings. The van der Waals surface area contributed by atoms with E-state index < -0.39 is 0 Å². The van der Waals surface area contributed by atoms with E-state index in [4.69, 9.17) is 4.98 Å². The lowest BCUT2D eigenvalue weighted by atomic mass is 9.99. The molecule has 3 aromatic heterocycles. The minimum absolute atomic E-state index is 0.394. The first-order chi connectivity index (χ1) is 13.4. The Balaban J connectivity index is 1.71. The Kier molecular flexibility index (Phi) is 4.34. The van der Waals surface area contributed by atoms with Gasteiger partial charge >= 0.3 is 0 Å². The molecule has 1 aliphatic rings. The van der Waals surface area contributed by atoms with Crippen LogP contribution in [0.2, 0.25) is 0 Å². The van der Waals surface area contributed by atoms with Crippen LogP contribution in [0.1, 0.15) is 39.5 Å². The highest BCUT2D eigenvalue weighted by molar-refractivity contribution is 5.69. The van der Waals surface area contributed by atoms with Gasteiger partial charge in [0.05, 0.1) is 5.69 Å². The lowest BCUT2D eigenvalue weighted by molar-refractivity contribution is 0.692. The number of fused-ring (bicyclic) bond motifs is 1. The molecule has 0 spiro atoms. The van der Waals surface area contributed by atoms with Crippen molar-refractivity contribution in [3.63, 3.8) is 0 Å². The third kappa shape index (κ3) is 2.82. The minimum atomic E-state index is 0.394. The average molecular weight is 373 g/mol. The summed E-state index contributed by atoms with van der Waals surface area (Å²) in [4.78, 5) is 6.97. The van der Waals surface area contributed by atoms with E-state index in [2.05, 4.69) is 39.3 Å². The maximum Gasteiger partial charge on any atom is 0.166 e. The molecule has 0 radical (unpaired) electrons. The van der Waals surface area contributed by atoms with Gasteiger partial charge < -0.3 is 4.90 Å². The third-order valence-electron chi connectivity index (χ3n) is 5.74. The normalized spacial score (nSPS) is 13.4. The first-order valence-electron chi connectivity index (χ1n) is 9.38. The van der Waals surface area contributed by atoms with Crippen LogP contribution in [0.5, 0.6) is 0 Å². The molecule has 0 saturated heterocycles. The molecular weight excluding hydrogens is 350 g/mol. The fourth-order valence-electron chi connectivity index (χ4n) is 3.93. The fourth-order valence-corrected chi connectivity index (χ4v) is 3.93. The van der Waals surface area contributed by atoms with E-state index in [1.165, 1.54) is 5.56 Å². The summed E-state index contributed by atoms with van der Waals surface area (Å²) in [6.45, 7) is 9.62. The lowest BCUT2D eigenvalue weighted by Crippen LogP contribution is -2.32. The molecule has 0 amide bonds. The van der Waals surface area contributed by atoms with Gasteiger partial charge in [-0.1, -0.05) is 0 Å². The van der Waals surface area contributed by atoms with Crippen LogP contribution in [0.15, 0.2) is 12.3 Å². The molecule has 0 N–H and O–H groups in total. The van der Waals surface area contributed by atoms with Crippen molar-refractivity contribution in [3.8, 4) is 17.2 Å². The van der Waals surface area contributed by atoms with E-state index in [0.717, 1.165) is 64.7 Å². The Morgan fingerprint density at radius 1 is 1.11 bits per heavy atom. The van der Waals surface area contributed by atoms with Gasteiger partial charge in [-0.15, -0.1) is 10.2 Å². The summed E-state index contributed by atoms with van der Waals surface area (Å²) < 4.78 is 1.91. The molecule has 28 heavy (non-hydrogen) atoms. The Hall–Kier alpha value is -3.27. The molecule has 0 aliphatic carbocycles. The zero-order valence-corrected chi connectivity index (χ0v) is 16.9. The Morgan fingerprint density at radius 3 is 2.57 bits per heavy atom. The highest BCUT2D eigenvalue weighted by Gasteiger charge is 2.23.